The van der Waals surface area contributed by atoms with Gasteiger partial charge < -0.3 is 4.57 Å². The summed E-state index contributed by atoms with van der Waals surface area (Å²) >= 11 is 0. The van der Waals surface area contributed by atoms with E-state index in [-0.39, 0.29) is 0 Å². The number of rotatable bonds is 3. The van der Waals surface area contributed by atoms with E-state index in [0.29, 0.717) is 0 Å². The lowest BCUT2D eigenvalue weighted by atomic mass is 9.96. The number of nitrogens with zero attached hydrogens (tertiary/aromatic N) is 1. The fourth-order valence-corrected chi connectivity index (χ4v) is 3.27. The molecule has 1 aromatic heterocycles. The Morgan fingerprint density at radius 3 is 2.86 bits per heavy atom. The Bertz CT molecular complexity index is 782. The highest BCUT2D eigenvalue weighted by Crippen LogP contribution is 2.37. The van der Waals surface area contributed by atoms with Crippen LogP contribution in [-0.2, 0) is 6.42 Å². The highest BCUT2D eigenvalue weighted by molar-refractivity contribution is 5.94. The zero-order valence-electron chi connectivity index (χ0n) is 12.8. The Hall–Kier alpha value is -2.28. The average Bonchev–Trinajstić information content (AvgIpc) is 2.83. The molecule has 0 saturated carbocycles. The molecule has 1 aliphatic carbocycles. The number of aryl methyl sites for hydroxylation is 1. The Labute approximate surface area is 126 Å². The highest BCUT2D eigenvalue weighted by atomic mass is 15.0. The van der Waals surface area contributed by atoms with E-state index in [1.807, 2.05) is 6.08 Å². The van der Waals surface area contributed by atoms with Gasteiger partial charge in [-0.15, -0.1) is 0 Å². The maximum absolute atomic E-state index is 3.87. The number of hydrogen-bond acceptors (Lipinski definition) is 0. The van der Waals surface area contributed by atoms with Crippen molar-refractivity contribution in [2.24, 2.45) is 0 Å². The molecule has 1 heteroatoms. The van der Waals surface area contributed by atoms with Gasteiger partial charge in [0.2, 0.25) is 0 Å². The van der Waals surface area contributed by atoms with Crippen molar-refractivity contribution in [3.8, 4) is 0 Å². The molecule has 21 heavy (non-hydrogen) atoms. The Kier molecular flexibility index (Phi) is 3.66. The van der Waals surface area contributed by atoms with Crippen LogP contribution >= 0.6 is 0 Å². The van der Waals surface area contributed by atoms with Crippen molar-refractivity contribution in [3.05, 3.63) is 72.5 Å². The highest BCUT2D eigenvalue weighted by Gasteiger charge is 2.21. The van der Waals surface area contributed by atoms with Crippen LogP contribution in [0, 0.1) is 0 Å². The minimum Gasteiger partial charge on any atom is -0.309 e. The summed E-state index contributed by atoms with van der Waals surface area (Å²) in [4.78, 5) is 0. The van der Waals surface area contributed by atoms with Gasteiger partial charge in [-0.25, -0.2) is 0 Å². The van der Waals surface area contributed by atoms with E-state index in [4.69, 9.17) is 0 Å². The van der Waals surface area contributed by atoms with Crippen LogP contribution in [0.1, 0.15) is 31.5 Å². The molecule has 0 amide bonds. The van der Waals surface area contributed by atoms with Crippen molar-refractivity contribution < 1.29 is 0 Å². The van der Waals surface area contributed by atoms with Gasteiger partial charge in [0.05, 0.1) is 11.2 Å². The normalized spacial score (nSPS) is 15.3. The summed E-state index contributed by atoms with van der Waals surface area (Å²) in [6.45, 7) is 8.14. The van der Waals surface area contributed by atoms with Crippen molar-refractivity contribution >= 4 is 22.2 Å². The van der Waals surface area contributed by atoms with Gasteiger partial charge >= 0.3 is 0 Å². The number of para-hydroxylation sites is 1. The average molecular weight is 275 g/mol. The topological polar surface area (TPSA) is 4.93 Å². The van der Waals surface area contributed by atoms with Gasteiger partial charge in [-0.3, -0.25) is 0 Å². The third-order valence-corrected chi connectivity index (χ3v) is 4.08. The summed E-state index contributed by atoms with van der Waals surface area (Å²) in [5.74, 6) is 0. The van der Waals surface area contributed by atoms with Crippen molar-refractivity contribution in [2.75, 3.05) is 0 Å². The summed E-state index contributed by atoms with van der Waals surface area (Å²) in [5.41, 5.74) is 6.65. The molecule has 0 aliphatic heterocycles. The fraction of sp³-hybridized carbons (Fsp3) is 0.200. The molecule has 1 heterocycles. The summed E-state index contributed by atoms with van der Waals surface area (Å²) in [6.07, 6.45) is 12.8. The number of hydrogen-bond donors (Lipinski definition) is 0. The molecule has 1 aromatic carbocycles. The van der Waals surface area contributed by atoms with E-state index in [2.05, 4.69) is 73.6 Å². The van der Waals surface area contributed by atoms with Gasteiger partial charge in [-0.2, -0.15) is 0 Å². The number of benzene rings is 1. The van der Waals surface area contributed by atoms with Crippen molar-refractivity contribution in [2.45, 2.75) is 26.7 Å². The standard InChI is InChI=1S/C20H21N/c1-4-9-16(10-5-2)21-19-14-7-6-12-17(19)18-13-8-11-15(3)20(18)21/h4-7,9-12,14H,1,8,13H2,2-3H3/b10-5-,16-9+. The minimum absolute atomic E-state index is 1.12. The summed E-state index contributed by atoms with van der Waals surface area (Å²) in [5, 5.41) is 1.37. The molecule has 0 saturated heterocycles. The van der Waals surface area contributed by atoms with Crippen LogP contribution in [0.15, 0.2) is 61.2 Å². The Morgan fingerprint density at radius 2 is 2.10 bits per heavy atom. The molecule has 0 atom stereocenters. The first-order valence-corrected chi connectivity index (χ1v) is 7.53. The second-order valence-corrected chi connectivity index (χ2v) is 5.43. The molecule has 0 radical (unpaired) electrons. The van der Waals surface area contributed by atoms with E-state index in [0.717, 1.165) is 12.8 Å². The Morgan fingerprint density at radius 1 is 1.29 bits per heavy atom. The predicted octanol–water partition coefficient (Wildman–Crippen LogP) is 5.59. The van der Waals surface area contributed by atoms with Gasteiger partial charge in [-0.05, 0) is 56.0 Å². The second-order valence-electron chi connectivity index (χ2n) is 5.43. The van der Waals surface area contributed by atoms with E-state index < -0.39 is 0 Å². The number of aromatic nitrogens is 1. The Balaban J connectivity index is 2.42. The van der Waals surface area contributed by atoms with Gasteiger partial charge in [0, 0.05) is 11.1 Å². The van der Waals surface area contributed by atoms with Crippen LogP contribution in [0.4, 0.5) is 0 Å². The maximum atomic E-state index is 3.87. The summed E-state index contributed by atoms with van der Waals surface area (Å²) in [6, 6.07) is 8.70. The first kappa shape index (κ1) is 13.7. The van der Waals surface area contributed by atoms with E-state index >= 15 is 0 Å². The lowest BCUT2D eigenvalue weighted by Gasteiger charge is -2.16. The van der Waals surface area contributed by atoms with Gasteiger partial charge in [0.25, 0.3) is 0 Å². The van der Waals surface area contributed by atoms with Crippen molar-refractivity contribution in [3.63, 3.8) is 0 Å². The van der Waals surface area contributed by atoms with E-state index in [1.54, 1.807) is 0 Å². The van der Waals surface area contributed by atoms with Crippen molar-refractivity contribution in [1.29, 1.82) is 0 Å². The number of allylic oxidation sites excluding steroid dienone is 7. The third kappa shape index (κ3) is 2.19. The number of fused-ring (bicyclic) bond motifs is 3. The van der Waals surface area contributed by atoms with Crippen LogP contribution in [0.25, 0.3) is 22.2 Å². The van der Waals surface area contributed by atoms with E-state index in [9.17, 15) is 0 Å². The van der Waals surface area contributed by atoms with Crippen LogP contribution in [0.3, 0.4) is 0 Å². The molecule has 2 aromatic rings. The van der Waals surface area contributed by atoms with Gasteiger partial charge in [-0.1, -0.05) is 43.0 Å². The van der Waals surface area contributed by atoms with Gasteiger partial charge in [0.1, 0.15) is 0 Å². The van der Waals surface area contributed by atoms with Crippen LogP contribution in [-0.4, -0.2) is 4.57 Å². The summed E-state index contributed by atoms with van der Waals surface area (Å²) < 4.78 is 2.37. The monoisotopic (exact) mass is 275 g/mol. The second kappa shape index (κ2) is 5.61. The molecule has 3 rings (SSSR count). The molecule has 1 nitrogen and oxygen atoms in total. The largest absolute Gasteiger partial charge is 0.309 e. The zero-order chi connectivity index (χ0) is 14.8. The molecular weight excluding hydrogens is 254 g/mol. The van der Waals surface area contributed by atoms with Crippen LogP contribution in [0.2, 0.25) is 0 Å². The fourth-order valence-electron chi connectivity index (χ4n) is 3.27. The first-order chi connectivity index (χ1) is 10.3. The molecule has 0 spiro atoms. The maximum Gasteiger partial charge on any atom is 0.0537 e. The molecule has 1 aliphatic rings. The lowest BCUT2D eigenvalue weighted by molar-refractivity contribution is 0.960. The summed E-state index contributed by atoms with van der Waals surface area (Å²) in [7, 11) is 0. The predicted molar refractivity (Wildman–Crippen MR) is 93.2 cm³/mol. The first-order valence-electron chi connectivity index (χ1n) is 7.53. The molecule has 106 valence electrons. The molecule has 0 unspecified atom stereocenters. The zero-order valence-corrected chi connectivity index (χ0v) is 12.8. The van der Waals surface area contributed by atoms with Crippen LogP contribution in [0.5, 0.6) is 0 Å². The molecular formula is C20H21N. The van der Waals surface area contributed by atoms with E-state index in [1.165, 1.54) is 33.4 Å². The SMILES string of the molecule is C=C/C=C(\C=C/C)n1c2c(c3ccccc31)CCC=C2C. The smallest absolute Gasteiger partial charge is 0.0537 e. The quantitative estimate of drug-likeness (QED) is 0.643. The third-order valence-electron chi connectivity index (χ3n) is 4.08. The minimum atomic E-state index is 1.12. The van der Waals surface area contributed by atoms with Gasteiger partial charge in [0.15, 0.2) is 0 Å². The van der Waals surface area contributed by atoms with Crippen molar-refractivity contribution in [1.82, 2.24) is 4.57 Å². The lowest BCUT2D eigenvalue weighted by Crippen LogP contribution is -2.04. The molecule has 0 N–H and O–H groups in total. The molecule has 0 bridgehead atoms. The van der Waals surface area contributed by atoms with Crippen LogP contribution < -0.4 is 0 Å². The molecule has 0 fully saturated rings.